The van der Waals surface area contributed by atoms with Crippen molar-refractivity contribution in [3.05, 3.63) is 0 Å². The molecule has 0 bridgehead atoms. The number of nitrogens with zero attached hydrogens (tertiary/aromatic N) is 1. The molecule has 5 heteroatoms. The second-order valence-corrected chi connectivity index (χ2v) is 3.84. The third kappa shape index (κ3) is 0.987. The van der Waals surface area contributed by atoms with Crippen molar-refractivity contribution in [1.82, 2.24) is 4.90 Å². The Labute approximate surface area is 81.6 Å². The van der Waals surface area contributed by atoms with Gasteiger partial charge in [-0.2, -0.15) is 0 Å². The minimum Gasteiger partial charge on any atom is -0.467 e. The zero-order valence-electron chi connectivity index (χ0n) is 8.02. The molecule has 5 nitrogen and oxygen atoms in total. The highest BCUT2D eigenvalue weighted by molar-refractivity contribution is 5.94. The van der Waals surface area contributed by atoms with Gasteiger partial charge in [0.25, 0.3) is 5.91 Å². The summed E-state index contributed by atoms with van der Waals surface area (Å²) in [5.74, 6) is -0.743. The zero-order chi connectivity index (χ0) is 10.3. The number of methoxy groups -OCH3 is 1. The minimum absolute atomic E-state index is 0.179. The number of aliphatic hydroxyl groups excluding tert-OH is 1. The van der Waals surface area contributed by atoms with Crippen LogP contribution in [0.3, 0.4) is 0 Å². The smallest absolute Gasteiger partial charge is 0.331 e. The largest absolute Gasteiger partial charge is 0.467 e. The van der Waals surface area contributed by atoms with Gasteiger partial charge in [-0.25, -0.2) is 4.79 Å². The van der Waals surface area contributed by atoms with Crippen LogP contribution in [0.25, 0.3) is 0 Å². The number of ether oxygens (including phenoxy) is 1. The van der Waals surface area contributed by atoms with Crippen molar-refractivity contribution in [2.45, 2.75) is 30.9 Å². The molecule has 0 unspecified atom stereocenters. The minimum atomic E-state index is -1.03. The molecule has 2 aliphatic rings. The van der Waals surface area contributed by atoms with Gasteiger partial charge in [-0.1, -0.05) is 0 Å². The number of esters is 1. The Balaban J connectivity index is 2.33. The second-order valence-electron chi connectivity index (χ2n) is 3.84. The monoisotopic (exact) mass is 199 g/mol. The normalized spacial score (nSPS) is 36.0. The van der Waals surface area contributed by atoms with Crippen molar-refractivity contribution in [2.24, 2.45) is 0 Å². The molecule has 0 aromatic heterocycles. The molecule has 2 rings (SSSR count). The summed E-state index contributed by atoms with van der Waals surface area (Å²) in [5, 5.41) is 9.41. The van der Waals surface area contributed by atoms with Gasteiger partial charge in [0, 0.05) is 13.0 Å². The van der Waals surface area contributed by atoms with Gasteiger partial charge in [0.15, 0.2) is 0 Å². The molecule has 2 fully saturated rings. The Bertz CT molecular complexity index is 291. The van der Waals surface area contributed by atoms with Crippen molar-refractivity contribution in [1.29, 1.82) is 0 Å². The van der Waals surface area contributed by atoms with Crippen molar-refractivity contribution in [3.63, 3.8) is 0 Å². The molecule has 1 amide bonds. The fourth-order valence-corrected chi connectivity index (χ4v) is 2.48. The highest BCUT2D eigenvalue weighted by Gasteiger charge is 2.58. The third-order valence-corrected chi connectivity index (χ3v) is 3.14. The van der Waals surface area contributed by atoms with Gasteiger partial charge in [-0.05, 0) is 12.8 Å². The second kappa shape index (κ2) is 2.95. The Hall–Kier alpha value is -1.10. The predicted octanol–water partition coefficient (Wildman–Crippen LogP) is -0.715. The maximum Gasteiger partial charge on any atom is 0.331 e. The highest BCUT2D eigenvalue weighted by Crippen LogP contribution is 2.40. The average Bonchev–Trinajstić information content (AvgIpc) is 2.68. The Morgan fingerprint density at radius 2 is 2.43 bits per heavy atom. The van der Waals surface area contributed by atoms with E-state index >= 15 is 0 Å². The van der Waals surface area contributed by atoms with Gasteiger partial charge in [-0.15, -0.1) is 0 Å². The van der Waals surface area contributed by atoms with Gasteiger partial charge in [0.2, 0.25) is 0 Å². The lowest BCUT2D eigenvalue weighted by atomic mass is 9.93. The van der Waals surface area contributed by atoms with E-state index in [-0.39, 0.29) is 12.3 Å². The fraction of sp³-hybridized carbons (Fsp3) is 0.778. The Morgan fingerprint density at radius 3 is 3.07 bits per heavy atom. The molecule has 0 aliphatic carbocycles. The predicted molar refractivity (Wildman–Crippen MR) is 46.3 cm³/mol. The van der Waals surface area contributed by atoms with E-state index in [4.69, 9.17) is 4.74 Å². The molecule has 2 heterocycles. The van der Waals surface area contributed by atoms with E-state index in [9.17, 15) is 14.7 Å². The first-order chi connectivity index (χ1) is 6.62. The van der Waals surface area contributed by atoms with Crippen LogP contribution in [0, 0.1) is 0 Å². The number of rotatable bonds is 1. The standard InChI is InChI=1S/C9H13NO4/c1-14-8(13)9-3-2-4-10(9)7(12)6(11)5-9/h6,11H,2-5H2,1H3/t6-,9+/m0/s1. The maximum atomic E-state index is 11.6. The lowest BCUT2D eigenvalue weighted by Crippen LogP contribution is -2.47. The molecular weight excluding hydrogens is 186 g/mol. The summed E-state index contributed by atoms with van der Waals surface area (Å²) in [6.07, 6.45) is 0.545. The van der Waals surface area contributed by atoms with E-state index in [2.05, 4.69) is 0 Å². The summed E-state index contributed by atoms with van der Waals surface area (Å²) in [5.41, 5.74) is -0.870. The first kappa shape index (κ1) is 9.45. The molecule has 0 radical (unpaired) electrons. The number of fused-ring (bicyclic) bond motifs is 1. The highest BCUT2D eigenvalue weighted by atomic mass is 16.5. The summed E-state index contributed by atoms with van der Waals surface area (Å²) in [6, 6.07) is 0. The van der Waals surface area contributed by atoms with Crippen LogP contribution >= 0.6 is 0 Å². The third-order valence-electron chi connectivity index (χ3n) is 3.14. The van der Waals surface area contributed by atoms with Gasteiger partial charge >= 0.3 is 5.97 Å². The van der Waals surface area contributed by atoms with Crippen LogP contribution in [0.15, 0.2) is 0 Å². The van der Waals surface area contributed by atoms with Crippen LogP contribution in [0.4, 0.5) is 0 Å². The van der Waals surface area contributed by atoms with Crippen molar-refractivity contribution >= 4 is 11.9 Å². The Kier molecular flexibility index (Phi) is 1.99. The Morgan fingerprint density at radius 1 is 1.71 bits per heavy atom. The maximum absolute atomic E-state index is 11.6. The number of hydrogen-bond donors (Lipinski definition) is 1. The summed E-state index contributed by atoms with van der Waals surface area (Å²) >= 11 is 0. The van der Waals surface area contributed by atoms with Crippen LogP contribution in [-0.4, -0.2) is 47.2 Å². The molecule has 0 aromatic rings. The molecule has 2 aliphatic heterocycles. The van der Waals surface area contributed by atoms with Crippen molar-refractivity contribution in [3.8, 4) is 0 Å². The van der Waals surface area contributed by atoms with Crippen molar-refractivity contribution < 1.29 is 19.4 Å². The van der Waals surface area contributed by atoms with Gasteiger partial charge < -0.3 is 14.7 Å². The molecule has 78 valence electrons. The van der Waals surface area contributed by atoms with Gasteiger partial charge in [0.1, 0.15) is 11.6 Å². The van der Waals surface area contributed by atoms with Crippen molar-refractivity contribution in [2.75, 3.05) is 13.7 Å². The lowest BCUT2D eigenvalue weighted by molar-refractivity contribution is -0.155. The number of hydrogen-bond acceptors (Lipinski definition) is 4. The summed E-state index contributed by atoms with van der Waals surface area (Å²) in [4.78, 5) is 24.5. The van der Waals surface area contributed by atoms with E-state index in [1.165, 1.54) is 12.0 Å². The van der Waals surface area contributed by atoms with Crippen LogP contribution in [0.5, 0.6) is 0 Å². The van der Waals surface area contributed by atoms with Crippen LogP contribution in [0.2, 0.25) is 0 Å². The summed E-state index contributed by atoms with van der Waals surface area (Å²) in [6.45, 7) is 0.547. The quantitative estimate of drug-likeness (QED) is 0.566. The molecule has 2 atom stereocenters. The van der Waals surface area contributed by atoms with E-state index in [1.54, 1.807) is 0 Å². The first-order valence-electron chi connectivity index (χ1n) is 4.70. The van der Waals surface area contributed by atoms with E-state index in [1.807, 2.05) is 0 Å². The summed E-state index contributed by atoms with van der Waals surface area (Å²) in [7, 11) is 1.31. The van der Waals surface area contributed by atoms with Gasteiger partial charge in [-0.3, -0.25) is 4.79 Å². The summed E-state index contributed by atoms with van der Waals surface area (Å²) < 4.78 is 4.69. The van der Waals surface area contributed by atoms with E-state index in [0.717, 1.165) is 6.42 Å². The number of carbonyl (C=O) groups excluding carboxylic acids is 2. The molecule has 0 aromatic carbocycles. The zero-order valence-corrected chi connectivity index (χ0v) is 8.02. The average molecular weight is 199 g/mol. The number of carbonyl (C=O) groups is 2. The molecular formula is C9H13NO4. The number of amides is 1. The molecule has 0 spiro atoms. The fourth-order valence-electron chi connectivity index (χ4n) is 2.48. The topological polar surface area (TPSA) is 66.8 Å². The first-order valence-corrected chi connectivity index (χ1v) is 4.70. The molecule has 0 saturated carbocycles. The van der Waals surface area contributed by atoms with E-state index < -0.39 is 17.6 Å². The molecule has 2 saturated heterocycles. The SMILES string of the molecule is COC(=O)[C@]12CCCN1C(=O)[C@@H](O)C2. The van der Waals surface area contributed by atoms with E-state index in [0.29, 0.717) is 13.0 Å². The van der Waals surface area contributed by atoms with Gasteiger partial charge in [0.05, 0.1) is 7.11 Å². The lowest BCUT2D eigenvalue weighted by Gasteiger charge is -2.27. The molecule has 1 N–H and O–H groups in total. The van der Waals surface area contributed by atoms with Crippen LogP contribution < -0.4 is 0 Å². The molecule has 14 heavy (non-hydrogen) atoms. The van der Waals surface area contributed by atoms with Crippen LogP contribution in [-0.2, 0) is 14.3 Å². The number of aliphatic hydroxyl groups is 1. The van der Waals surface area contributed by atoms with Crippen LogP contribution in [0.1, 0.15) is 19.3 Å².